The minimum Gasteiger partial charge on any atom is -0.340 e. The average Bonchev–Trinajstić information content (AvgIpc) is 3.39. The molecular formula is C20H23N5O. The van der Waals surface area contributed by atoms with Crippen molar-refractivity contribution in [2.24, 2.45) is 0 Å². The molecule has 3 aromatic rings. The molecule has 26 heavy (non-hydrogen) atoms. The topological polar surface area (TPSA) is 66.8 Å². The van der Waals surface area contributed by atoms with Crippen LogP contribution in [-0.4, -0.2) is 36.9 Å². The average molecular weight is 349 g/mol. The molecule has 6 heteroatoms. The Morgan fingerprint density at radius 1 is 1.23 bits per heavy atom. The van der Waals surface area contributed by atoms with Gasteiger partial charge in [0.2, 0.25) is 5.91 Å². The highest BCUT2D eigenvalue weighted by Crippen LogP contribution is 2.31. The number of aromatic nitrogens is 4. The largest absolute Gasteiger partial charge is 0.340 e. The maximum absolute atomic E-state index is 12.8. The SMILES string of the molecule is O=C(CCn1ccnc1)N1CCCC[C@@H]1c1ncc(-c2ccccc2)[nH]1. The second kappa shape index (κ2) is 7.56. The number of amides is 1. The summed E-state index contributed by atoms with van der Waals surface area (Å²) in [5, 5.41) is 0. The van der Waals surface area contributed by atoms with Gasteiger partial charge >= 0.3 is 0 Å². The molecule has 1 fully saturated rings. The quantitative estimate of drug-likeness (QED) is 0.767. The summed E-state index contributed by atoms with van der Waals surface area (Å²) in [7, 11) is 0. The van der Waals surface area contributed by atoms with Crippen molar-refractivity contribution in [3.63, 3.8) is 0 Å². The predicted octanol–water partition coefficient (Wildman–Crippen LogP) is 3.42. The first-order valence-electron chi connectivity index (χ1n) is 9.17. The van der Waals surface area contributed by atoms with Crippen LogP contribution >= 0.6 is 0 Å². The lowest BCUT2D eigenvalue weighted by atomic mass is 10.0. The van der Waals surface area contributed by atoms with E-state index in [1.807, 2.05) is 40.1 Å². The Morgan fingerprint density at radius 2 is 2.12 bits per heavy atom. The van der Waals surface area contributed by atoms with Gasteiger partial charge in [-0.2, -0.15) is 0 Å². The minimum atomic E-state index is 0.0384. The first-order valence-corrected chi connectivity index (χ1v) is 9.17. The van der Waals surface area contributed by atoms with Gasteiger partial charge in [-0.25, -0.2) is 9.97 Å². The van der Waals surface area contributed by atoms with Gasteiger partial charge in [0.1, 0.15) is 5.82 Å². The van der Waals surface area contributed by atoms with Crippen molar-refractivity contribution >= 4 is 5.91 Å². The number of hydrogen-bond acceptors (Lipinski definition) is 3. The summed E-state index contributed by atoms with van der Waals surface area (Å²) in [5.41, 5.74) is 2.11. The molecule has 1 amide bonds. The van der Waals surface area contributed by atoms with E-state index in [1.54, 1.807) is 12.5 Å². The molecule has 0 aliphatic carbocycles. The van der Waals surface area contributed by atoms with E-state index in [0.29, 0.717) is 13.0 Å². The number of aryl methyl sites for hydroxylation is 1. The summed E-state index contributed by atoms with van der Waals surface area (Å²) < 4.78 is 1.94. The van der Waals surface area contributed by atoms with Crippen molar-refractivity contribution in [3.8, 4) is 11.3 Å². The van der Waals surface area contributed by atoms with E-state index < -0.39 is 0 Å². The number of nitrogens with zero attached hydrogens (tertiary/aromatic N) is 4. The van der Waals surface area contributed by atoms with Gasteiger partial charge in [-0.05, 0) is 24.8 Å². The van der Waals surface area contributed by atoms with Crippen LogP contribution in [0.15, 0.2) is 55.2 Å². The summed E-state index contributed by atoms with van der Waals surface area (Å²) >= 11 is 0. The normalized spacial score (nSPS) is 17.4. The van der Waals surface area contributed by atoms with Gasteiger partial charge in [-0.1, -0.05) is 30.3 Å². The lowest BCUT2D eigenvalue weighted by Gasteiger charge is -2.34. The third kappa shape index (κ3) is 3.54. The summed E-state index contributed by atoms with van der Waals surface area (Å²) in [6.07, 6.45) is 10.9. The van der Waals surface area contributed by atoms with Crippen LogP contribution in [0.4, 0.5) is 0 Å². The van der Waals surface area contributed by atoms with Crippen molar-refractivity contribution < 1.29 is 4.79 Å². The molecule has 3 heterocycles. The van der Waals surface area contributed by atoms with Gasteiger partial charge in [0.25, 0.3) is 0 Å². The van der Waals surface area contributed by atoms with Crippen LogP contribution in [0, 0.1) is 0 Å². The molecule has 0 radical (unpaired) electrons. The zero-order valence-corrected chi connectivity index (χ0v) is 14.7. The van der Waals surface area contributed by atoms with Gasteiger partial charge in [-0.3, -0.25) is 4.79 Å². The molecular weight excluding hydrogens is 326 g/mol. The van der Waals surface area contributed by atoms with Gasteiger partial charge in [0, 0.05) is 31.9 Å². The number of nitrogens with one attached hydrogen (secondary N) is 1. The Labute approximate surface area is 152 Å². The number of benzene rings is 1. The van der Waals surface area contributed by atoms with E-state index in [0.717, 1.165) is 42.9 Å². The summed E-state index contributed by atoms with van der Waals surface area (Å²) in [6, 6.07) is 10.2. The molecule has 0 spiro atoms. The monoisotopic (exact) mass is 349 g/mol. The molecule has 6 nitrogen and oxygen atoms in total. The van der Waals surface area contributed by atoms with Crippen molar-refractivity contribution in [1.82, 2.24) is 24.4 Å². The predicted molar refractivity (Wildman–Crippen MR) is 99.2 cm³/mol. The summed E-state index contributed by atoms with van der Waals surface area (Å²) in [5.74, 6) is 1.07. The number of carbonyl (C=O) groups excluding carboxylic acids is 1. The first kappa shape index (κ1) is 16.6. The van der Waals surface area contributed by atoms with Crippen LogP contribution in [0.25, 0.3) is 11.3 Å². The van der Waals surface area contributed by atoms with Gasteiger partial charge in [-0.15, -0.1) is 0 Å². The van der Waals surface area contributed by atoms with E-state index in [-0.39, 0.29) is 11.9 Å². The molecule has 0 bridgehead atoms. The number of imidazole rings is 2. The Morgan fingerprint density at radius 3 is 2.92 bits per heavy atom. The Hall–Kier alpha value is -2.89. The van der Waals surface area contributed by atoms with Crippen LogP contribution in [0.3, 0.4) is 0 Å². The van der Waals surface area contributed by atoms with E-state index >= 15 is 0 Å². The van der Waals surface area contributed by atoms with Crippen LogP contribution in [0.2, 0.25) is 0 Å². The summed E-state index contributed by atoms with van der Waals surface area (Å²) in [6.45, 7) is 1.46. The van der Waals surface area contributed by atoms with Crippen molar-refractivity contribution in [1.29, 1.82) is 0 Å². The fourth-order valence-corrected chi connectivity index (χ4v) is 3.57. The van der Waals surface area contributed by atoms with Gasteiger partial charge < -0.3 is 14.5 Å². The Balaban J connectivity index is 1.48. The first-order chi connectivity index (χ1) is 12.8. The van der Waals surface area contributed by atoms with Crippen molar-refractivity contribution in [3.05, 3.63) is 61.1 Å². The fourth-order valence-electron chi connectivity index (χ4n) is 3.57. The maximum Gasteiger partial charge on any atom is 0.224 e. The fraction of sp³-hybridized carbons (Fsp3) is 0.350. The van der Waals surface area contributed by atoms with Crippen molar-refractivity contribution in [2.45, 2.75) is 38.3 Å². The molecule has 1 aliphatic rings. The molecule has 1 atom stereocenters. The van der Waals surface area contributed by atoms with E-state index in [2.05, 4.69) is 27.1 Å². The molecule has 1 N–H and O–H groups in total. The second-order valence-corrected chi connectivity index (χ2v) is 6.70. The molecule has 0 unspecified atom stereocenters. The molecule has 2 aromatic heterocycles. The van der Waals surface area contributed by atoms with Crippen LogP contribution in [-0.2, 0) is 11.3 Å². The van der Waals surface area contributed by atoms with Crippen molar-refractivity contribution in [2.75, 3.05) is 6.54 Å². The molecule has 1 saturated heterocycles. The molecule has 4 rings (SSSR count). The van der Waals surface area contributed by atoms with E-state index in [1.165, 1.54) is 0 Å². The summed E-state index contributed by atoms with van der Waals surface area (Å²) in [4.78, 5) is 26.9. The highest BCUT2D eigenvalue weighted by Gasteiger charge is 2.29. The number of hydrogen-bond donors (Lipinski definition) is 1. The Bertz CT molecular complexity index is 840. The van der Waals surface area contributed by atoms with Crippen LogP contribution in [0.5, 0.6) is 0 Å². The Kier molecular flexibility index (Phi) is 4.82. The second-order valence-electron chi connectivity index (χ2n) is 6.70. The maximum atomic E-state index is 12.8. The number of rotatable bonds is 5. The third-order valence-corrected chi connectivity index (χ3v) is 4.96. The number of H-pyrrole nitrogens is 1. The lowest BCUT2D eigenvalue weighted by molar-refractivity contribution is -0.135. The number of carbonyl (C=O) groups is 1. The minimum absolute atomic E-state index is 0.0384. The molecule has 1 aliphatic heterocycles. The lowest BCUT2D eigenvalue weighted by Crippen LogP contribution is -2.39. The zero-order chi connectivity index (χ0) is 17.8. The number of likely N-dealkylation sites (tertiary alicyclic amines) is 1. The number of aromatic amines is 1. The standard InChI is InChI=1S/C20H23N5O/c26-19(9-12-24-13-10-21-15-24)25-11-5-4-8-18(25)20-22-14-17(23-20)16-6-2-1-3-7-16/h1-3,6-7,10,13-15,18H,4-5,8-9,11-12H2,(H,22,23)/t18-/m1/s1. The third-order valence-electron chi connectivity index (χ3n) is 4.96. The zero-order valence-electron chi connectivity index (χ0n) is 14.7. The molecule has 134 valence electrons. The molecule has 1 aromatic carbocycles. The van der Waals surface area contributed by atoms with Gasteiger partial charge in [0.05, 0.1) is 24.3 Å². The van der Waals surface area contributed by atoms with Gasteiger partial charge in [0.15, 0.2) is 0 Å². The highest BCUT2D eigenvalue weighted by molar-refractivity contribution is 5.76. The van der Waals surface area contributed by atoms with Crippen LogP contribution in [0.1, 0.15) is 37.5 Å². The van der Waals surface area contributed by atoms with E-state index in [4.69, 9.17) is 0 Å². The number of piperidine rings is 1. The molecule has 0 saturated carbocycles. The van der Waals surface area contributed by atoms with Crippen LogP contribution < -0.4 is 0 Å². The highest BCUT2D eigenvalue weighted by atomic mass is 16.2. The van der Waals surface area contributed by atoms with E-state index in [9.17, 15) is 4.79 Å². The smallest absolute Gasteiger partial charge is 0.224 e.